The average molecular weight is 256 g/mol. The lowest BCUT2D eigenvalue weighted by molar-refractivity contribution is 0.103. The third-order valence-corrected chi connectivity index (χ3v) is 3.00. The van der Waals surface area contributed by atoms with Gasteiger partial charge in [-0.3, -0.25) is 4.79 Å². The van der Waals surface area contributed by atoms with Crippen molar-refractivity contribution in [1.29, 1.82) is 0 Å². The predicted molar refractivity (Wildman–Crippen MR) is 74.0 cm³/mol. The van der Waals surface area contributed by atoms with Crippen LogP contribution in [0.25, 0.3) is 0 Å². The van der Waals surface area contributed by atoms with Crippen LogP contribution in [0, 0.1) is 13.8 Å². The normalized spacial score (nSPS) is 10.3. The van der Waals surface area contributed by atoms with E-state index in [1.807, 2.05) is 19.9 Å². The van der Waals surface area contributed by atoms with E-state index in [9.17, 15) is 9.90 Å². The first kappa shape index (κ1) is 13.1. The number of benzene rings is 2. The highest BCUT2D eigenvalue weighted by atomic mass is 16.5. The van der Waals surface area contributed by atoms with Crippen molar-refractivity contribution >= 4 is 5.78 Å². The Balaban J connectivity index is 2.55. The van der Waals surface area contributed by atoms with Crippen LogP contribution in [0.5, 0.6) is 11.5 Å². The molecule has 2 rings (SSSR count). The average Bonchev–Trinajstić information content (AvgIpc) is 2.40. The molecule has 0 amide bonds. The van der Waals surface area contributed by atoms with Crippen LogP contribution < -0.4 is 4.74 Å². The lowest BCUT2D eigenvalue weighted by Gasteiger charge is -2.10. The van der Waals surface area contributed by atoms with E-state index < -0.39 is 0 Å². The van der Waals surface area contributed by atoms with E-state index in [4.69, 9.17) is 4.74 Å². The highest BCUT2D eigenvalue weighted by molar-refractivity contribution is 6.12. The Hall–Kier alpha value is -2.29. The largest absolute Gasteiger partial charge is 0.507 e. The minimum absolute atomic E-state index is 0.0147. The molecule has 0 saturated carbocycles. The van der Waals surface area contributed by atoms with Gasteiger partial charge in [-0.05, 0) is 38.1 Å². The number of rotatable bonds is 3. The quantitative estimate of drug-likeness (QED) is 0.857. The lowest BCUT2D eigenvalue weighted by atomic mass is 9.98. The molecule has 3 nitrogen and oxygen atoms in total. The highest BCUT2D eigenvalue weighted by Crippen LogP contribution is 2.27. The van der Waals surface area contributed by atoms with Crippen LogP contribution >= 0.6 is 0 Å². The Morgan fingerprint density at radius 1 is 1.00 bits per heavy atom. The number of hydrogen-bond acceptors (Lipinski definition) is 3. The van der Waals surface area contributed by atoms with Gasteiger partial charge in [-0.25, -0.2) is 0 Å². The third kappa shape index (κ3) is 2.60. The number of carbonyl (C=O) groups is 1. The summed E-state index contributed by atoms with van der Waals surface area (Å²) in [5, 5.41) is 9.84. The predicted octanol–water partition coefficient (Wildman–Crippen LogP) is 3.25. The summed E-state index contributed by atoms with van der Waals surface area (Å²) in [4.78, 5) is 12.5. The smallest absolute Gasteiger partial charge is 0.200 e. The minimum atomic E-state index is -0.234. The molecule has 0 heterocycles. The van der Waals surface area contributed by atoms with E-state index in [0.29, 0.717) is 16.9 Å². The summed E-state index contributed by atoms with van der Waals surface area (Å²) in [5.74, 6) is 0.261. The van der Waals surface area contributed by atoms with Crippen LogP contribution in [0.2, 0.25) is 0 Å². The van der Waals surface area contributed by atoms with Crippen LogP contribution in [-0.4, -0.2) is 18.0 Å². The van der Waals surface area contributed by atoms with Crippen molar-refractivity contribution in [3.8, 4) is 11.5 Å². The van der Waals surface area contributed by atoms with Crippen molar-refractivity contribution in [1.82, 2.24) is 0 Å². The van der Waals surface area contributed by atoms with E-state index in [2.05, 4.69) is 0 Å². The molecule has 1 N–H and O–H groups in total. The maximum atomic E-state index is 12.5. The SMILES string of the molecule is COc1ccc(C)cc1C(=O)c1cc(C)ccc1O. The van der Waals surface area contributed by atoms with E-state index in [0.717, 1.165) is 11.1 Å². The van der Waals surface area contributed by atoms with Gasteiger partial charge in [0.1, 0.15) is 11.5 Å². The van der Waals surface area contributed by atoms with Crippen molar-refractivity contribution in [3.05, 3.63) is 58.7 Å². The van der Waals surface area contributed by atoms with Crippen LogP contribution in [0.3, 0.4) is 0 Å². The first-order chi connectivity index (χ1) is 9.02. The fourth-order valence-electron chi connectivity index (χ4n) is 1.98. The van der Waals surface area contributed by atoms with Crippen LogP contribution in [0.15, 0.2) is 36.4 Å². The molecule has 2 aromatic rings. The fraction of sp³-hybridized carbons (Fsp3) is 0.188. The standard InChI is InChI=1S/C16H16O3/c1-10-4-6-14(17)12(8-10)16(18)13-9-11(2)5-7-15(13)19-3/h4-9,17H,1-3H3. The molecule has 0 aliphatic rings. The van der Waals surface area contributed by atoms with Gasteiger partial charge < -0.3 is 9.84 Å². The minimum Gasteiger partial charge on any atom is -0.507 e. The van der Waals surface area contributed by atoms with Crippen LogP contribution in [-0.2, 0) is 0 Å². The number of phenolic OH excluding ortho intramolecular Hbond substituents is 1. The molecule has 0 aliphatic carbocycles. The molecular weight excluding hydrogens is 240 g/mol. The van der Waals surface area contributed by atoms with Crippen molar-refractivity contribution < 1.29 is 14.6 Å². The van der Waals surface area contributed by atoms with Crippen LogP contribution in [0.4, 0.5) is 0 Å². The molecule has 0 radical (unpaired) electrons. The molecule has 0 atom stereocenters. The zero-order valence-electron chi connectivity index (χ0n) is 11.2. The number of aryl methyl sites for hydroxylation is 2. The maximum absolute atomic E-state index is 12.5. The molecule has 0 aliphatic heterocycles. The summed E-state index contributed by atoms with van der Waals surface area (Å²) in [5.41, 5.74) is 2.65. The molecule has 0 fully saturated rings. The van der Waals surface area contributed by atoms with Gasteiger partial charge in [0.25, 0.3) is 0 Å². The number of ether oxygens (including phenoxy) is 1. The lowest BCUT2D eigenvalue weighted by Crippen LogP contribution is -2.05. The number of hydrogen-bond donors (Lipinski definition) is 1. The fourth-order valence-corrected chi connectivity index (χ4v) is 1.98. The molecular formula is C16H16O3. The molecule has 0 saturated heterocycles. The Morgan fingerprint density at radius 3 is 2.21 bits per heavy atom. The molecule has 0 unspecified atom stereocenters. The molecule has 2 aromatic carbocycles. The summed E-state index contributed by atoms with van der Waals surface area (Å²) in [6, 6.07) is 10.4. The van der Waals surface area contributed by atoms with Gasteiger partial charge >= 0.3 is 0 Å². The molecule has 0 aromatic heterocycles. The molecule has 0 bridgehead atoms. The van der Waals surface area contributed by atoms with E-state index in [1.54, 1.807) is 24.3 Å². The van der Waals surface area contributed by atoms with Gasteiger partial charge in [0.05, 0.1) is 18.2 Å². The topological polar surface area (TPSA) is 46.5 Å². The zero-order valence-corrected chi connectivity index (χ0v) is 11.2. The summed E-state index contributed by atoms with van der Waals surface area (Å²) in [7, 11) is 1.53. The van der Waals surface area contributed by atoms with Crippen molar-refractivity contribution in [2.24, 2.45) is 0 Å². The van der Waals surface area contributed by atoms with Crippen molar-refractivity contribution in [2.45, 2.75) is 13.8 Å². The van der Waals surface area contributed by atoms with Crippen LogP contribution in [0.1, 0.15) is 27.0 Å². The summed E-state index contributed by atoms with van der Waals surface area (Å²) < 4.78 is 5.21. The molecule has 98 valence electrons. The Morgan fingerprint density at radius 2 is 1.58 bits per heavy atom. The summed E-state index contributed by atoms with van der Waals surface area (Å²) >= 11 is 0. The number of aromatic hydroxyl groups is 1. The molecule has 0 spiro atoms. The second-order valence-corrected chi connectivity index (χ2v) is 4.55. The van der Waals surface area contributed by atoms with Gasteiger partial charge in [-0.1, -0.05) is 23.3 Å². The summed E-state index contributed by atoms with van der Waals surface area (Å²) in [6.45, 7) is 3.79. The first-order valence-electron chi connectivity index (χ1n) is 6.02. The van der Waals surface area contributed by atoms with Gasteiger partial charge in [0.15, 0.2) is 5.78 Å². The third-order valence-electron chi connectivity index (χ3n) is 3.00. The maximum Gasteiger partial charge on any atom is 0.200 e. The molecule has 3 heteroatoms. The van der Waals surface area contributed by atoms with E-state index >= 15 is 0 Å². The van der Waals surface area contributed by atoms with Gasteiger partial charge in [0.2, 0.25) is 0 Å². The number of ketones is 1. The monoisotopic (exact) mass is 256 g/mol. The van der Waals surface area contributed by atoms with Gasteiger partial charge in [-0.2, -0.15) is 0 Å². The Labute approximate surface area is 112 Å². The number of carbonyl (C=O) groups excluding carboxylic acids is 1. The Bertz CT molecular complexity index is 630. The number of phenols is 1. The molecule has 19 heavy (non-hydrogen) atoms. The number of methoxy groups -OCH3 is 1. The van der Waals surface area contributed by atoms with E-state index in [-0.39, 0.29) is 11.5 Å². The highest BCUT2D eigenvalue weighted by Gasteiger charge is 2.18. The van der Waals surface area contributed by atoms with Crippen molar-refractivity contribution in [3.63, 3.8) is 0 Å². The summed E-state index contributed by atoms with van der Waals surface area (Å²) in [6.07, 6.45) is 0. The zero-order chi connectivity index (χ0) is 14.0. The van der Waals surface area contributed by atoms with Crippen molar-refractivity contribution in [2.75, 3.05) is 7.11 Å². The second-order valence-electron chi connectivity index (χ2n) is 4.55. The van der Waals surface area contributed by atoms with E-state index in [1.165, 1.54) is 13.2 Å². The van der Waals surface area contributed by atoms with Gasteiger partial charge in [-0.15, -0.1) is 0 Å². The first-order valence-corrected chi connectivity index (χ1v) is 6.02. The second kappa shape index (κ2) is 5.14. The van der Waals surface area contributed by atoms with Gasteiger partial charge in [0, 0.05) is 0 Å². The Kier molecular flexibility index (Phi) is 3.56.